The van der Waals surface area contributed by atoms with E-state index >= 15 is 0 Å². The number of nitrogens with zero attached hydrogens (tertiary/aromatic N) is 1. The minimum absolute atomic E-state index is 0.0216. The average Bonchev–Trinajstić information content (AvgIpc) is 3.16. The lowest BCUT2D eigenvalue weighted by Gasteiger charge is -2.11. The molecule has 2 heterocycles. The van der Waals surface area contributed by atoms with Crippen LogP contribution in [0.15, 0.2) is 17.9 Å². The Hall–Kier alpha value is 0.240. The van der Waals surface area contributed by atoms with Crippen LogP contribution < -0.4 is 0 Å². The molecule has 100 valence electrons. The van der Waals surface area contributed by atoms with Crippen molar-refractivity contribution >= 4 is 75.5 Å². The van der Waals surface area contributed by atoms with E-state index in [-0.39, 0.29) is 17.9 Å². The van der Waals surface area contributed by atoms with Crippen molar-refractivity contribution in [1.29, 1.82) is 0 Å². The van der Waals surface area contributed by atoms with Crippen LogP contribution in [-0.2, 0) is 4.74 Å². The van der Waals surface area contributed by atoms with Crippen molar-refractivity contribution in [3.8, 4) is 0 Å². The molecule has 0 N–H and O–H groups in total. The zero-order valence-corrected chi connectivity index (χ0v) is 15.5. The van der Waals surface area contributed by atoms with Gasteiger partial charge in [0, 0.05) is 17.9 Å². The van der Waals surface area contributed by atoms with Crippen molar-refractivity contribution in [2.24, 2.45) is 0 Å². The van der Waals surface area contributed by atoms with Crippen LogP contribution >= 0.6 is 63.7 Å². The van der Waals surface area contributed by atoms with Gasteiger partial charge in [-0.1, -0.05) is 0 Å². The minimum atomic E-state index is -0.295. The third-order valence-corrected chi connectivity index (χ3v) is 7.74. The molecule has 0 radical (unpaired) electrons. The molecule has 3 rings (SSSR count). The predicted molar refractivity (Wildman–Crippen MR) is 82.3 cm³/mol. The van der Waals surface area contributed by atoms with Crippen LogP contribution in [0.3, 0.4) is 0 Å². The second-order valence-electron chi connectivity index (χ2n) is 4.18. The lowest BCUT2D eigenvalue weighted by atomic mass is 10.1. The first-order chi connectivity index (χ1) is 8.93. The summed E-state index contributed by atoms with van der Waals surface area (Å²) >= 11 is 13.5. The fraction of sp³-hybridized carbons (Fsp3) is 0.273. The van der Waals surface area contributed by atoms with Gasteiger partial charge in [0.2, 0.25) is 0 Å². The summed E-state index contributed by atoms with van der Waals surface area (Å²) in [5, 5.41) is 0. The van der Waals surface area contributed by atoms with Crippen molar-refractivity contribution in [3.63, 3.8) is 0 Å². The Kier molecular flexibility index (Phi) is 3.66. The first-order valence-corrected chi connectivity index (χ1v) is 8.44. The van der Waals surface area contributed by atoms with E-state index in [4.69, 9.17) is 4.74 Å². The number of carbonyl (C=O) groups excluding carboxylic acids is 2. The highest BCUT2D eigenvalue weighted by atomic mass is 79.9. The van der Waals surface area contributed by atoms with Crippen molar-refractivity contribution in [3.05, 3.63) is 29.0 Å². The minimum Gasteiger partial charge on any atom is -0.371 e. The van der Waals surface area contributed by atoms with Gasteiger partial charge in [-0.3, -0.25) is 14.5 Å². The van der Waals surface area contributed by atoms with E-state index in [1.165, 1.54) is 4.90 Å². The van der Waals surface area contributed by atoms with Gasteiger partial charge >= 0.3 is 0 Å². The highest BCUT2D eigenvalue weighted by molar-refractivity contribution is 9.15. The summed E-state index contributed by atoms with van der Waals surface area (Å²) in [6, 6.07) is 0. The van der Waals surface area contributed by atoms with Gasteiger partial charge in [0.05, 0.1) is 30.4 Å². The average molecular weight is 519 g/mol. The van der Waals surface area contributed by atoms with Crippen LogP contribution in [0.2, 0.25) is 0 Å². The second-order valence-corrected chi connectivity index (χ2v) is 7.35. The van der Waals surface area contributed by atoms with Crippen molar-refractivity contribution in [2.75, 3.05) is 13.2 Å². The highest BCUT2D eigenvalue weighted by Crippen LogP contribution is 2.45. The monoisotopic (exact) mass is 515 g/mol. The van der Waals surface area contributed by atoms with Gasteiger partial charge in [-0.2, -0.15) is 0 Å². The Bertz CT molecular complexity index is 580. The quantitative estimate of drug-likeness (QED) is 0.259. The van der Waals surface area contributed by atoms with Crippen molar-refractivity contribution in [1.82, 2.24) is 4.90 Å². The van der Waals surface area contributed by atoms with Gasteiger partial charge in [0.15, 0.2) is 0 Å². The third-order valence-electron chi connectivity index (χ3n) is 2.97. The summed E-state index contributed by atoms with van der Waals surface area (Å²) in [5.41, 5.74) is 0.764. The number of fused-ring (bicyclic) bond motifs is 1. The normalized spacial score (nSPS) is 21.1. The van der Waals surface area contributed by atoms with E-state index in [0.29, 0.717) is 42.2 Å². The first kappa shape index (κ1) is 14.2. The van der Waals surface area contributed by atoms with E-state index in [9.17, 15) is 9.59 Å². The molecular weight excluding hydrogens is 514 g/mol. The molecule has 0 aromatic heterocycles. The highest BCUT2D eigenvalue weighted by Gasteiger charge is 2.43. The standard InChI is InChI=1S/C11H5Br4NO3/c12-6-4-5(7(13)9(15)8(6)14)11(18)16(10(4)17)1-3-2-19-3/h3H,1-2H2. The van der Waals surface area contributed by atoms with E-state index in [1.807, 2.05) is 0 Å². The lowest BCUT2D eigenvalue weighted by molar-refractivity contribution is 0.0642. The maximum absolute atomic E-state index is 12.4. The van der Waals surface area contributed by atoms with E-state index in [2.05, 4.69) is 63.7 Å². The number of carbonyl (C=O) groups is 2. The van der Waals surface area contributed by atoms with Crippen LogP contribution in [0.1, 0.15) is 20.7 Å². The summed E-state index contributed by atoms with van der Waals surface area (Å²) in [5.74, 6) is -0.590. The van der Waals surface area contributed by atoms with Gasteiger partial charge in [0.25, 0.3) is 11.8 Å². The number of amides is 2. The Morgan fingerprint density at radius 2 is 1.37 bits per heavy atom. The number of benzene rings is 1. The number of hydrogen-bond acceptors (Lipinski definition) is 3. The first-order valence-electron chi connectivity index (χ1n) is 5.27. The number of ether oxygens (including phenoxy) is 1. The lowest BCUT2D eigenvalue weighted by Crippen LogP contribution is -2.33. The van der Waals surface area contributed by atoms with E-state index in [1.54, 1.807) is 0 Å². The number of rotatable bonds is 2. The summed E-state index contributed by atoms with van der Waals surface area (Å²) in [6.07, 6.45) is -0.0216. The molecule has 1 saturated heterocycles. The van der Waals surface area contributed by atoms with E-state index in [0.717, 1.165) is 0 Å². The maximum Gasteiger partial charge on any atom is 0.262 e. The molecule has 2 aliphatic rings. The molecule has 0 spiro atoms. The molecule has 1 aromatic carbocycles. The molecule has 0 aliphatic carbocycles. The molecule has 4 nitrogen and oxygen atoms in total. The van der Waals surface area contributed by atoms with Gasteiger partial charge in [-0.15, -0.1) is 0 Å². The largest absolute Gasteiger partial charge is 0.371 e. The van der Waals surface area contributed by atoms with Gasteiger partial charge in [-0.25, -0.2) is 0 Å². The molecule has 2 aliphatic heterocycles. The molecule has 19 heavy (non-hydrogen) atoms. The fourth-order valence-electron chi connectivity index (χ4n) is 1.94. The number of halogens is 4. The predicted octanol–water partition coefficient (Wildman–Crippen LogP) is 3.73. The summed E-state index contributed by atoms with van der Waals surface area (Å²) in [6.45, 7) is 0.906. The van der Waals surface area contributed by atoms with Crippen molar-refractivity contribution in [2.45, 2.75) is 6.10 Å². The van der Waals surface area contributed by atoms with Crippen LogP contribution in [0.4, 0.5) is 0 Å². The van der Waals surface area contributed by atoms with Crippen LogP contribution in [0.25, 0.3) is 0 Å². The molecular formula is C11H5Br4NO3. The van der Waals surface area contributed by atoms with Crippen molar-refractivity contribution < 1.29 is 14.3 Å². The molecule has 8 heteroatoms. The Labute approximate surface area is 142 Å². The molecule has 1 aromatic rings. The molecule has 1 fully saturated rings. The Morgan fingerprint density at radius 1 is 0.947 bits per heavy atom. The molecule has 0 bridgehead atoms. The van der Waals surface area contributed by atoms with Gasteiger partial charge < -0.3 is 4.74 Å². The summed E-state index contributed by atoms with van der Waals surface area (Å²) in [7, 11) is 0. The van der Waals surface area contributed by atoms with Crippen LogP contribution in [0.5, 0.6) is 0 Å². The fourth-order valence-corrected chi connectivity index (χ4v) is 4.40. The maximum atomic E-state index is 12.4. The van der Waals surface area contributed by atoms with Gasteiger partial charge in [-0.05, 0) is 63.7 Å². The Morgan fingerprint density at radius 3 is 1.74 bits per heavy atom. The zero-order chi connectivity index (χ0) is 13.9. The molecule has 1 unspecified atom stereocenters. The molecule has 0 saturated carbocycles. The number of epoxide rings is 1. The number of imide groups is 1. The SMILES string of the molecule is O=C1c2c(Br)c(Br)c(Br)c(Br)c2C(=O)N1CC1CO1. The third kappa shape index (κ3) is 2.16. The van der Waals surface area contributed by atoms with Gasteiger partial charge in [0.1, 0.15) is 0 Å². The topological polar surface area (TPSA) is 49.9 Å². The summed E-state index contributed by atoms with van der Waals surface area (Å²) < 4.78 is 7.64. The van der Waals surface area contributed by atoms with Crippen LogP contribution in [-0.4, -0.2) is 36.0 Å². The second kappa shape index (κ2) is 4.91. The summed E-state index contributed by atoms with van der Waals surface area (Å²) in [4.78, 5) is 26.0. The van der Waals surface area contributed by atoms with Crippen LogP contribution in [0, 0.1) is 0 Å². The zero-order valence-electron chi connectivity index (χ0n) is 9.18. The number of hydrogen-bond donors (Lipinski definition) is 0. The smallest absolute Gasteiger partial charge is 0.262 e. The Balaban J connectivity index is 2.16. The molecule has 2 amide bonds. The van der Waals surface area contributed by atoms with E-state index < -0.39 is 0 Å². The molecule has 1 atom stereocenters.